The van der Waals surface area contributed by atoms with Crippen LogP contribution < -0.4 is 10.1 Å². The van der Waals surface area contributed by atoms with Gasteiger partial charge in [-0.3, -0.25) is 0 Å². The third-order valence-electron chi connectivity index (χ3n) is 1.46. The van der Waals surface area contributed by atoms with E-state index in [4.69, 9.17) is 4.74 Å². The molecule has 0 aliphatic carbocycles. The summed E-state index contributed by atoms with van der Waals surface area (Å²) in [5.41, 5.74) is 1.04. The average molecular weight is 151 g/mol. The number of para-hydroxylation sites is 2. The van der Waals surface area contributed by atoms with Crippen molar-refractivity contribution in [1.29, 1.82) is 0 Å². The molecule has 0 atom stereocenters. The van der Waals surface area contributed by atoms with E-state index in [1.807, 2.05) is 38.2 Å². The molecule has 0 heterocycles. The van der Waals surface area contributed by atoms with Gasteiger partial charge in [0.2, 0.25) is 0 Å². The van der Waals surface area contributed by atoms with Gasteiger partial charge in [0.1, 0.15) is 5.75 Å². The molecule has 1 rings (SSSR count). The average Bonchev–Trinajstić information content (AvgIpc) is 2.06. The summed E-state index contributed by atoms with van der Waals surface area (Å²) in [6, 6.07) is 7.89. The van der Waals surface area contributed by atoms with Crippen LogP contribution in [-0.2, 0) is 0 Å². The maximum Gasteiger partial charge on any atom is 0.142 e. The summed E-state index contributed by atoms with van der Waals surface area (Å²) in [4.78, 5) is 0. The number of anilines is 1. The lowest BCUT2D eigenvalue weighted by Crippen LogP contribution is -1.96. The lowest BCUT2D eigenvalue weighted by molar-refractivity contribution is 0.342. The van der Waals surface area contributed by atoms with Crippen molar-refractivity contribution in [3.8, 4) is 5.75 Å². The highest BCUT2D eigenvalue weighted by Crippen LogP contribution is 2.22. The summed E-state index contributed by atoms with van der Waals surface area (Å²) in [5, 5.41) is 3.06. The highest BCUT2D eigenvalue weighted by molar-refractivity contribution is 5.55. The van der Waals surface area contributed by atoms with Gasteiger partial charge in [-0.1, -0.05) is 12.1 Å². The van der Waals surface area contributed by atoms with Gasteiger partial charge in [-0.15, -0.1) is 0 Å². The monoisotopic (exact) mass is 151 g/mol. The zero-order chi connectivity index (χ0) is 8.10. The van der Waals surface area contributed by atoms with E-state index in [1.165, 1.54) is 0 Å². The van der Waals surface area contributed by atoms with Crippen molar-refractivity contribution in [2.45, 2.75) is 6.92 Å². The summed E-state index contributed by atoms with van der Waals surface area (Å²) in [5.74, 6) is 0.914. The van der Waals surface area contributed by atoms with Crippen LogP contribution in [0.5, 0.6) is 5.75 Å². The van der Waals surface area contributed by atoms with Crippen LogP contribution in [0.1, 0.15) is 6.92 Å². The highest BCUT2D eigenvalue weighted by Gasteiger charge is 1.96. The minimum atomic E-state index is 0.707. The second-order valence-electron chi connectivity index (χ2n) is 2.18. The molecule has 0 fully saturated rings. The Bertz CT molecular complexity index is 223. The third kappa shape index (κ3) is 1.87. The second-order valence-corrected chi connectivity index (χ2v) is 2.18. The number of rotatable bonds is 3. The van der Waals surface area contributed by atoms with Gasteiger partial charge >= 0.3 is 0 Å². The molecule has 60 valence electrons. The molecule has 0 saturated carbocycles. The van der Waals surface area contributed by atoms with E-state index in [1.54, 1.807) is 0 Å². The zero-order valence-corrected chi connectivity index (χ0v) is 6.92. The Morgan fingerprint density at radius 1 is 1.36 bits per heavy atom. The van der Waals surface area contributed by atoms with Crippen molar-refractivity contribution in [1.82, 2.24) is 0 Å². The Balaban J connectivity index is 2.83. The molecule has 1 N–H and O–H groups in total. The Kier molecular flexibility index (Phi) is 2.78. The first-order valence-corrected chi connectivity index (χ1v) is 3.78. The normalized spacial score (nSPS) is 9.27. The summed E-state index contributed by atoms with van der Waals surface area (Å²) >= 11 is 0. The Morgan fingerprint density at radius 2 is 2.09 bits per heavy atom. The number of ether oxygens (including phenoxy) is 1. The van der Waals surface area contributed by atoms with Crippen LogP contribution in [0.25, 0.3) is 0 Å². The molecule has 2 nitrogen and oxygen atoms in total. The van der Waals surface area contributed by atoms with Gasteiger partial charge < -0.3 is 10.1 Å². The standard InChI is InChI=1S/C9H13NO/c1-3-11-9-7-5-4-6-8(9)10-2/h4-7,10H,3H2,1-2H3. The van der Waals surface area contributed by atoms with Crippen LogP contribution in [0, 0.1) is 0 Å². The van der Waals surface area contributed by atoms with Crippen molar-refractivity contribution in [2.24, 2.45) is 0 Å². The van der Waals surface area contributed by atoms with Gasteiger partial charge in [0.15, 0.2) is 0 Å². The largest absolute Gasteiger partial charge is 0.492 e. The van der Waals surface area contributed by atoms with E-state index in [-0.39, 0.29) is 0 Å². The first-order chi connectivity index (χ1) is 5.38. The minimum absolute atomic E-state index is 0.707. The van der Waals surface area contributed by atoms with Gasteiger partial charge in [0, 0.05) is 7.05 Å². The van der Waals surface area contributed by atoms with Gasteiger partial charge in [-0.2, -0.15) is 0 Å². The Morgan fingerprint density at radius 3 is 2.73 bits per heavy atom. The first kappa shape index (κ1) is 7.92. The molecule has 0 saturated heterocycles. The van der Waals surface area contributed by atoms with Crippen molar-refractivity contribution in [3.63, 3.8) is 0 Å². The molecule has 11 heavy (non-hydrogen) atoms. The lowest BCUT2D eigenvalue weighted by Gasteiger charge is -2.07. The van der Waals surface area contributed by atoms with Gasteiger partial charge in [0.25, 0.3) is 0 Å². The summed E-state index contributed by atoms with van der Waals surface area (Å²) < 4.78 is 5.37. The van der Waals surface area contributed by atoms with Crippen LogP contribution in [0.15, 0.2) is 24.3 Å². The third-order valence-corrected chi connectivity index (χ3v) is 1.46. The molecule has 0 aliphatic heterocycles. The van der Waals surface area contributed by atoms with E-state index < -0.39 is 0 Å². The predicted molar refractivity (Wildman–Crippen MR) is 47.2 cm³/mol. The highest BCUT2D eigenvalue weighted by atomic mass is 16.5. The van der Waals surface area contributed by atoms with Gasteiger partial charge in [-0.05, 0) is 19.1 Å². The zero-order valence-electron chi connectivity index (χ0n) is 6.92. The van der Waals surface area contributed by atoms with Crippen LogP contribution in [0.3, 0.4) is 0 Å². The maximum absolute atomic E-state index is 5.37. The molecule has 0 aliphatic rings. The van der Waals surface area contributed by atoms with E-state index in [9.17, 15) is 0 Å². The van der Waals surface area contributed by atoms with Crippen molar-refractivity contribution in [3.05, 3.63) is 24.3 Å². The number of hydrogen-bond acceptors (Lipinski definition) is 2. The fourth-order valence-electron chi connectivity index (χ4n) is 0.955. The number of hydrogen-bond donors (Lipinski definition) is 1. The van der Waals surface area contributed by atoms with E-state index in [0.29, 0.717) is 6.61 Å². The number of benzene rings is 1. The lowest BCUT2D eigenvalue weighted by atomic mass is 10.3. The maximum atomic E-state index is 5.37. The quantitative estimate of drug-likeness (QED) is 0.714. The van der Waals surface area contributed by atoms with E-state index >= 15 is 0 Å². The first-order valence-electron chi connectivity index (χ1n) is 3.78. The van der Waals surface area contributed by atoms with Crippen molar-refractivity contribution in [2.75, 3.05) is 19.0 Å². The van der Waals surface area contributed by atoms with Crippen LogP contribution in [0.2, 0.25) is 0 Å². The smallest absolute Gasteiger partial charge is 0.142 e. The van der Waals surface area contributed by atoms with Crippen LogP contribution in [0.4, 0.5) is 5.69 Å². The SMILES string of the molecule is CCOc1ccccc1NC. The molecule has 0 amide bonds. The summed E-state index contributed by atoms with van der Waals surface area (Å²) in [6.45, 7) is 2.69. The molecule has 0 unspecified atom stereocenters. The molecule has 1 aromatic carbocycles. The summed E-state index contributed by atoms with van der Waals surface area (Å²) in [6.07, 6.45) is 0. The Hall–Kier alpha value is -1.18. The van der Waals surface area contributed by atoms with Gasteiger partial charge in [-0.25, -0.2) is 0 Å². The molecular formula is C9H13NO. The number of nitrogens with one attached hydrogen (secondary N) is 1. The molecule has 0 spiro atoms. The predicted octanol–water partition coefficient (Wildman–Crippen LogP) is 2.13. The minimum Gasteiger partial charge on any atom is -0.492 e. The molecule has 0 bridgehead atoms. The molecular weight excluding hydrogens is 138 g/mol. The van der Waals surface area contributed by atoms with E-state index in [2.05, 4.69) is 5.32 Å². The fraction of sp³-hybridized carbons (Fsp3) is 0.333. The van der Waals surface area contributed by atoms with Crippen LogP contribution >= 0.6 is 0 Å². The van der Waals surface area contributed by atoms with E-state index in [0.717, 1.165) is 11.4 Å². The van der Waals surface area contributed by atoms with Crippen molar-refractivity contribution >= 4 is 5.69 Å². The topological polar surface area (TPSA) is 21.3 Å². The van der Waals surface area contributed by atoms with Crippen molar-refractivity contribution < 1.29 is 4.74 Å². The molecule has 1 aromatic rings. The fourth-order valence-corrected chi connectivity index (χ4v) is 0.955. The summed E-state index contributed by atoms with van der Waals surface area (Å²) in [7, 11) is 1.89. The second kappa shape index (κ2) is 3.86. The molecule has 2 heteroatoms. The van der Waals surface area contributed by atoms with Gasteiger partial charge in [0.05, 0.1) is 12.3 Å². The molecule has 0 aromatic heterocycles. The Labute approximate surface area is 67.2 Å². The molecule has 0 radical (unpaired) electrons. The van der Waals surface area contributed by atoms with Crippen LogP contribution in [-0.4, -0.2) is 13.7 Å².